The molecule has 2 rings (SSSR count). The molecule has 0 saturated carbocycles. The van der Waals surface area contributed by atoms with Crippen molar-refractivity contribution in [3.8, 4) is 0 Å². The van der Waals surface area contributed by atoms with Gasteiger partial charge in [-0.3, -0.25) is 24.4 Å². The fraction of sp³-hybridized carbons (Fsp3) is 0.520. The van der Waals surface area contributed by atoms with E-state index in [-0.39, 0.29) is 24.2 Å². The molecule has 0 fully saturated rings. The lowest BCUT2D eigenvalue weighted by molar-refractivity contribution is -0.137. The summed E-state index contributed by atoms with van der Waals surface area (Å²) in [4.78, 5) is 53.6. The highest BCUT2D eigenvalue weighted by Crippen LogP contribution is 2.19. The molecular weight excluding hydrogens is 450 g/mol. The van der Waals surface area contributed by atoms with Crippen molar-refractivity contribution in [2.45, 2.75) is 72.0 Å². The van der Waals surface area contributed by atoms with Crippen LogP contribution in [0, 0.1) is 11.8 Å². The first-order chi connectivity index (χ1) is 16.6. The summed E-state index contributed by atoms with van der Waals surface area (Å²) in [5.74, 6) is -2.52. The summed E-state index contributed by atoms with van der Waals surface area (Å²) in [6, 6.07) is 4.75. The zero-order chi connectivity index (χ0) is 26.1. The minimum absolute atomic E-state index is 0.130. The van der Waals surface area contributed by atoms with Gasteiger partial charge in [0, 0.05) is 30.4 Å². The standard InChI is InChI=1S/C25H37N5O5/c1-6-14(3)21(27-16(5)31)25(34)29-22(15(4)7-2)24(33)28-20(23(32)30-35)12-17-13-26-19-11-9-8-10-18(17)19/h8-11,13-15,20-22,26,35H,6-7,12H2,1-5H3,(H,27,31)(H,28,33)(H,29,34)(H,30,32)/t14?,15?,20-,21-,22-/m0/s1. The summed E-state index contributed by atoms with van der Waals surface area (Å²) in [5, 5.41) is 18.3. The Hall–Kier alpha value is -3.40. The summed E-state index contributed by atoms with van der Waals surface area (Å²) in [6.07, 6.45) is 3.13. The van der Waals surface area contributed by atoms with Crippen LogP contribution in [0.15, 0.2) is 30.5 Å². The average Bonchev–Trinajstić information content (AvgIpc) is 3.26. The normalized spacial score (nSPS) is 15.4. The van der Waals surface area contributed by atoms with Crippen molar-refractivity contribution in [1.82, 2.24) is 26.4 Å². The van der Waals surface area contributed by atoms with Crippen LogP contribution in [0.4, 0.5) is 0 Å². The SMILES string of the molecule is CCC(C)[C@H](NC(C)=O)C(=O)N[C@H](C(=O)N[C@@H](Cc1c[nH]c2ccccc12)C(=O)NO)C(C)CC. The molecule has 0 radical (unpaired) electrons. The van der Waals surface area contributed by atoms with Gasteiger partial charge in [0.15, 0.2) is 0 Å². The van der Waals surface area contributed by atoms with E-state index in [1.807, 2.05) is 52.0 Å². The van der Waals surface area contributed by atoms with E-state index >= 15 is 0 Å². The van der Waals surface area contributed by atoms with Gasteiger partial charge in [-0.2, -0.15) is 0 Å². The first-order valence-electron chi connectivity index (χ1n) is 12.0. The van der Waals surface area contributed by atoms with Gasteiger partial charge in [0.05, 0.1) is 0 Å². The molecule has 0 aliphatic heterocycles. The van der Waals surface area contributed by atoms with E-state index in [1.165, 1.54) is 6.92 Å². The van der Waals surface area contributed by atoms with Crippen molar-refractivity contribution < 1.29 is 24.4 Å². The molecule has 0 aliphatic rings. The number of hydroxylamine groups is 1. The molecule has 0 spiro atoms. The van der Waals surface area contributed by atoms with Crippen molar-refractivity contribution in [1.29, 1.82) is 0 Å². The van der Waals surface area contributed by atoms with Gasteiger partial charge in [-0.05, 0) is 23.5 Å². The molecule has 4 amide bonds. The topological polar surface area (TPSA) is 152 Å². The maximum absolute atomic E-state index is 13.3. The summed E-state index contributed by atoms with van der Waals surface area (Å²) < 4.78 is 0. The maximum Gasteiger partial charge on any atom is 0.266 e. The number of aromatic amines is 1. The molecule has 0 aliphatic carbocycles. The number of hydrogen-bond acceptors (Lipinski definition) is 5. The van der Waals surface area contributed by atoms with Crippen LogP contribution < -0.4 is 21.4 Å². The summed E-state index contributed by atoms with van der Waals surface area (Å²) in [6.45, 7) is 8.81. The Morgan fingerprint density at radius 1 is 0.886 bits per heavy atom. The number of carbonyl (C=O) groups is 4. The Bertz CT molecular complexity index is 1040. The largest absolute Gasteiger partial charge is 0.361 e. The lowest BCUT2D eigenvalue weighted by Gasteiger charge is -2.29. The van der Waals surface area contributed by atoms with Gasteiger partial charge >= 0.3 is 0 Å². The number of nitrogens with one attached hydrogen (secondary N) is 5. The Labute approximate surface area is 205 Å². The Kier molecular flexibility index (Phi) is 10.3. The number of benzene rings is 1. The van der Waals surface area contributed by atoms with Crippen LogP contribution in [0.1, 0.15) is 53.0 Å². The smallest absolute Gasteiger partial charge is 0.266 e. The van der Waals surface area contributed by atoms with Gasteiger partial charge in [0.25, 0.3) is 5.91 Å². The highest BCUT2D eigenvalue weighted by molar-refractivity contribution is 5.94. The first kappa shape index (κ1) is 27.8. The lowest BCUT2D eigenvalue weighted by Crippen LogP contribution is -2.59. The third-order valence-electron chi connectivity index (χ3n) is 6.49. The average molecular weight is 488 g/mol. The Balaban J connectivity index is 2.24. The second kappa shape index (κ2) is 12.9. The Morgan fingerprint density at radius 2 is 1.46 bits per heavy atom. The molecule has 35 heavy (non-hydrogen) atoms. The van der Waals surface area contributed by atoms with E-state index in [1.54, 1.807) is 11.7 Å². The molecule has 192 valence electrons. The summed E-state index contributed by atoms with van der Waals surface area (Å²) in [7, 11) is 0. The molecule has 1 heterocycles. The van der Waals surface area contributed by atoms with E-state index in [0.29, 0.717) is 12.8 Å². The van der Waals surface area contributed by atoms with Crippen LogP contribution in [0.3, 0.4) is 0 Å². The van der Waals surface area contributed by atoms with Crippen molar-refractivity contribution in [3.63, 3.8) is 0 Å². The van der Waals surface area contributed by atoms with Crippen molar-refractivity contribution >= 4 is 34.5 Å². The third-order valence-corrected chi connectivity index (χ3v) is 6.49. The first-order valence-corrected chi connectivity index (χ1v) is 12.0. The lowest BCUT2D eigenvalue weighted by atomic mass is 9.94. The molecule has 10 heteroatoms. The van der Waals surface area contributed by atoms with Crippen LogP contribution in [-0.2, 0) is 25.6 Å². The molecule has 2 unspecified atom stereocenters. The predicted molar refractivity (Wildman–Crippen MR) is 132 cm³/mol. The van der Waals surface area contributed by atoms with Crippen LogP contribution in [0.25, 0.3) is 10.9 Å². The number of hydrogen-bond donors (Lipinski definition) is 6. The molecular formula is C25H37N5O5. The number of rotatable bonds is 12. The predicted octanol–water partition coefficient (Wildman–Crippen LogP) is 1.78. The monoisotopic (exact) mass is 487 g/mol. The Morgan fingerprint density at radius 3 is 2.03 bits per heavy atom. The van der Waals surface area contributed by atoms with Gasteiger partial charge in [-0.25, -0.2) is 5.48 Å². The van der Waals surface area contributed by atoms with E-state index in [0.717, 1.165) is 16.5 Å². The second-order valence-corrected chi connectivity index (χ2v) is 9.04. The fourth-order valence-corrected chi connectivity index (χ4v) is 3.93. The van der Waals surface area contributed by atoms with Crippen LogP contribution in [0.5, 0.6) is 0 Å². The van der Waals surface area contributed by atoms with E-state index in [9.17, 15) is 24.4 Å². The molecule has 0 saturated heterocycles. The number of H-pyrrole nitrogens is 1. The van der Waals surface area contributed by atoms with Crippen molar-refractivity contribution in [2.24, 2.45) is 11.8 Å². The van der Waals surface area contributed by atoms with Crippen LogP contribution in [-0.4, -0.2) is 51.9 Å². The summed E-state index contributed by atoms with van der Waals surface area (Å²) >= 11 is 0. The molecule has 6 N–H and O–H groups in total. The van der Waals surface area contributed by atoms with Crippen LogP contribution >= 0.6 is 0 Å². The quantitative estimate of drug-likeness (QED) is 0.199. The zero-order valence-electron chi connectivity index (χ0n) is 21.0. The number of para-hydroxylation sites is 1. The molecule has 10 nitrogen and oxygen atoms in total. The minimum Gasteiger partial charge on any atom is -0.361 e. The molecule has 0 bridgehead atoms. The van der Waals surface area contributed by atoms with Gasteiger partial charge in [-0.15, -0.1) is 0 Å². The van der Waals surface area contributed by atoms with Gasteiger partial charge < -0.3 is 20.9 Å². The molecule has 2 aromatic rings. The van der Waals surface area contributed by atoms with E-state index < -0.39 is 35.8 Å². The number of carbonyl (C=O) groups excluding carboxylic acids is 4. The van der Waals surface area contributed by atoms with E-state index in [4.69, 9.17) is 0 Å². The minimum atomic E-state index is -1.07. The summed E-state index contributed by atoms with van der Waals surface area (Å²) in [5.41, 5.74) is 3.30. The third kappa shape index (κ3) is 7.29. The van der Waals surface area contributed by atoms with Gasteiger partial charge in [0.2, 0.25) is 17.7 Å². The number of amides is 4. The van der Waals surface area contributed by atoms with Gasteiger partial charge in [-0.1, -0.05) is 58.7 Å². The molecule has 1 aromatic heterocycles. The van der Waals surface area contributed by atoms with Crippen LogP contribution in [0.2, 0.25) is 0 Å². The van der Waals surface area contributed by atoms with Gasteiger partial charge in [0.1, 0.15) is 18.1 Å². The fourth-order valence-electron chi connectivity index (χ4n) is 3.93. The molecule has 5 atom stereocenters. The number of aromatic nitrogens is 1. The zero-order valence-corrected chi connectivity index (χ0v) is 21.0. The highest BCUT2D eigenvalue weighted by Gasteiger charge is 2.33. The van der Waals surface area contributed by atoms with Crippen molar-refractivity contribution in [2.75, 3.05) is 0 Å². The van der Waals surface area contributed by atoms with Crippen molar-refractivity contribution in [3.05, 3.63) is 36.0 Å². The molecule has 1 aromatic carbocycles. The van der Waals surface area contributed by atoms with E-state index in [2.05, 4.69) is 20.9 Å². The second-order valence-electron chi connectivity index (χ2n) is 9.04. The maximum atomic E-state index is 13.3. The highest BCUT2D eigenvalue weighted by atomic mass is 16.5. The number of fused-ring (bicyclic) bond motifs is 1.